The summed E-state index contributed by atoms with van der Waals surface area (Å²) < 4.78 is 2.31. The van der Waals surface area contributed by atoms with Crippen molar-refractivity contribution in [2.75, 3.05) is 19.0 Å². The van der Waals surface area contributed by atoms with Crippen LogP contribution in [0.1, 0.15) is 11.3 Å². The lowest BCUT2D eigenvalue weighted by Crippen LogP contribution is -2.08. The molecule has 0 bridgehead atoms. The third-order valence-electron chi connectivity index (χ3n) is 4.01. The zero-order valence-electron chi connectivity index (χ0n) is 13.7. The van der Waals surface area contributed by atoms with Crippen LogP contribution in [-0.2, 0) is 0 Å². The van der Waals surface area contributed by atoms with Gasteiger partial charge in [0.1, 0.15) is 0 Å². The Morgan fingerprint density at radius 3 is 2.18 bits per heavy atom. The van der Waals surface area contributed by atoms with Gasteiger partial charge in [-0.3, -0.25) is 0 Å². The van der Waals surface area contributed by atoms with Crippen LogP contribution in [0, 0.1) is 13.8 Å². The van der Waals surface area contributed by atoms with Crippen molar-refractivity contribution in [3.8, 4) is 16.9 Å². The largest absolute Gasteiger partial charge is 0.378 e. The van der Waals surface area contributed by atoms with E-state index in [1.165, 1.54) is 33.9 Å². The molecule has 112 valence electrons. The first-order chi connectivity index (χ1) is 10.6. The molecule has 1 aromatic heterocycles. The van der Waals surface area contributed by atoms with Crippen molar-refractivity contribution < 1.29 is 0 Å². The van der Waals surface area contributed by atoms with Crippen molar-refractivity contribution in [3.05, 3.63) is 71.9 Å². The average Bonchev–Trinajstić information content (AvgIpc) is 2.89. The molecule has 0 unspecified atom stereocenters. The Morgan fingerprint density at radius 2 is 1.55 bits per heavy atom. The van der Waals surface area contributed by atoms with Gasteiger partial charge in [0, 0.05) is 31.2 Å². The number of nitrogens with zero attached hydrogens (tertiary/aromatic N) is 2. The number of hydrogen-bond donors (Lipinski definition) is 0. The molecule has 1 heterocycles. The molecule has 0 aliphatic rings. The van der Waals surface area contributed by atoms with Gasteiger partial charge in [0.15, 0.2) is 0 Å². The van der Waals surface area contributed by atoms with E-state index < -0.39 is 0 Å². The van der Waals surface area contributed by atoms with Crippen LogP contribution in [0.3, 0.4) is 0 Å². The minimum atomic E-state index is 1.20. The second kappa shape index (κ2) is 5.72. The predicted octanol–water partition coefficient (Wildman–Crippen LogP) is 4.83. The molecule has 0 fully saturated rings. The molecule has 0 amide bonds. The van der Waals surface area contributed by atoms with Crippen LogP contribution in [0.25, 0.3) is 16.9 Å². The number of aryl methyl sites for hydroxylation is 2. The molecule has 0 aliphatic carbocycles. The molecule has 0 saturated carbocycles. The molecule has 3 aromatic rings. The van der Waals surface area contributed by atoms with E-state index in [0.717, 1.165) is 0 Å². The first kappa shape index (κ1) is 14.5. The molecular weight excluding hydrogens is 268 g/mol. The quantitative estimate of drug-likeness (QED) is 0.671. The predicted molar refractivity (Wildman–Crippen MR) is 95.0 cm³/mol. The van der Waals surface area contributed by atoms with Gasteiger partial charge in [-0.2, -0.15) is 0 Å². The summed E-state index contributed by atoms with van der Waals surface area (Å²) in [6.45, 7) is 4.29. The van der Waals surface area contributed by atoms with Crippen molar-refractivity contribution in [3.63, 3.8) is 0 Å². The van der Waals surface area contributed by atoms with Crippen LogP contribution < -0.4 is 4.90 Å². The molecule has 0 atom stereocenters. The van der Waals surface area contributed by atoms with Crippen LogP contribution in [0.2, 0.25) is 0 Å². The van der Waals surface area contributed by atoms with Gasteiger partial charge in [0.05, 0.1) is 5.69 Å². The first-order valence-corrected chi connectivity index (χ1v) is 7.59. The van der Waals surface area contributed by atoms with Gasteiger partial charge < -0.3 is 9.47 Å². The van der Waals surface area contributed by atoms with Crippen molar-refractivity contribution in [1.82, 2.24) is 4.57 Å². The number of hydrogen-bond acceptors (Lipinski definition) is 1. The highest BCUT2D eigenvalue weighted by Crippen LogP contribution is 2.27. The molecule has 2 aromatic carbocycles. The molecule has 0 aliphatic heterocycles. The van der Waals surface area contributed by atoms with Crippen molar-refractivity contribution in [2.45, 2.75) is 13.8 Å². The molecule has 2 nitrogen and oxygen atoms in total. The third kappa shape index (κ3) is 2.64. The van der Waals surface area contributed by atoms with E-state index in [1.54, 1.807) is 0 Å². The van der Waals surface area contributed by atoms with Crippen molar-refractivity contribution in [2.24, 2.45) is 0 Å². The van der Waals surface area contributed by atoms with Crippen molar-refractivity contribution in [1.29, 1.82) is 0 Å². The number of aromatic nitrogens is 1. The topological polar surface area (TPSA) is 8.17 Å². The monoisotopic (exact) mass is 290 g/mol. The highest BCUT2D eigenvalue weighted by Gasteiger charge is 2.09. The number of rotatable bonds is 3. The fourth-order valence-electron chi connectivity index (χ4n) is 2.81. The summed E-state index contributed by atoms with van der Waals surface area (Å²) in [6, 6.07) is 21.7. The molecule has 0 radical (unpaired) electrons. The first-order valence-electron chi connectivity index (χ1n) is 7.59. The SMILES string of the molecule is Cc1cccc(-c2ccc(C)n2-c2ccc(N(C)C)cc2)c1. The normalized spacial score (nSPS) is 10.7. The Balaban J connectivity index is 2.09. The smallest absolute Gasteiger partial charge is 0.0531 e. The van der Waals surface area contributed by atoms with E-state index >= 15 is 0 Å². The van der Waals surface area contributed by atoms with Gasteiger partial charge in [-0.15, -0.1) is 0 Å². The molecule has 3 rings (SSSR count). The summed E-state index contributed by atoms with van der Waals surface area (Å²) in [5.74, 6) is 0. The Kier molecular flexibility index (Phi) is 3.76. The maximum atomic E-state index is 2.31. The Hall–Kier alpha value is -2.48. The van der Waals surface area contributed by atoms with Crippen LogP contribution >= 0.6 is 0 Å². The minimum absolute atomic E-state index is 1.20. The van der Waals surface area contributed by atoms with E-state index in [1.807, 2.05) is 0 Å². The molecular formula is C20H22N2. The van der Waals surface area contributed by atoms with Gasteiger partial charge in [-0.1, -0.05) is 23.8 Å². The van der Waals surface area contributed by atoms with Gasteiger partial charge in [0.2, 0.25) is 0 Å². The maximum Gasteiger partial charge on any atom is 0.0531 e. The van der Waals surface area contributed by atoms with E-state index in [0.29, 0.717) is 0 Å². The van der Waals surface area contributed by atoms with Crippen LogP contribution in [0.4, 0.5) is 5.69 Å². The van der Waals surface area contributed by atoms with Crippen LogP contribution in [0.5, 0.6) is 0 Å². The fourth-order valence-corrected chi connectivity index (χ4v) is 2.81. The molecule has 0 N–H and O–H groups in total. The van der Waals surface area contributed by atoms with Gasteiger partial charge in [-0.05, 0) is 61.9 Å². The van der Waals surface area contributed by atoms with E-state index in [2.05, 4.69) is 98.1 Å². The molecule has 0 saturated heterocycles. The minimum Gasteiger partial charge on any atom is -0.378 e. The number of benzene rings is 2. The summed E-state index contributed by atoms with van der Waals surface area (Å²) in [5.41, 5.74) is 7.43. The van der Waals surface area contributed by atoms with Gasteiger partial charge in [-0.25, -0.2) is 0 Å². The fraction of sp³-hybridized carbons (Fsp3) is 0.200. The van der Waals surface area contributed by atoms with E-state index in [-0.39, 0.29) is 0 Å². The summed E-state index contributed by atoms with van der Waals surface area (Å²) in [7, 11) is 4.13. The van der Waals surface area contributed by atoms with E-state index in [4.69, 9.17) is 0 Å². The zero-order chi connectivity index (χ0) is 15.7. The summed E-state index contributed by atoms with van der Waals surface area (Å²) in [6.07, 6.45) is 0. The summed E-state index contributed by atoms with van der Waals surface area (Å²) in [5, 5.41) is 0. The zero-order valence-corrected chi connectivity index (χ0v) is 13.7. The Bertz CT molecular complexity index is 780. The Morgan fingerprint density at radius 1 is 0.818 bits per heavy atom. The summed E-state index contributed by atoms with van der Waals surface area (Å²) in [4.78, 5) is 2.12. The maximum absolute atomic E-state index is 2.31. The standard InChI is InChI=1S/C20H22N2/c1-15-6-5-7-17(14-15)20-13-8-16(2)22(20)19-11-9-18(10-12-19)21(3)4/h5-14H,1-4H3. The van der Waals surface area contributed by atoms with Gasteiger partial charge in [0.25, 0.3) is 0 Å². The lowest BCUT2D eigenvalue weighted by atomic mass is 10.1. The summed E-state index contributed by atoms with van der Waals surface area (Å²) >= 11 is 0. The van der Waals surface area contributed by atoms with Crippen LogP contribution in [0.15, 0.2) is 60.7 Å². The molecule has 2 heteroatoms. The van der Waals surface area contributed by atoms with Crippen LogP contribution in [-0.4, -0.2) is 18.7 Å². The molecule has 0 spiro atoms. The Labute approximate surface area is 132 Å². The lowest BCUT2D eigenvalue weighted by Gasteiger charge is -2.16. The van der Waals surface area contributed by atoms with Crippen molar-refractivity contribution >= 4 is 5.69 Å². The highest BCUT2D eigenvalue weighted by molar-refractivity contribution is 5.65. The number of anilines is 1. The van der Waals surface area contributed by atoms with E-state index in [9.17, 15) is 0 Å². The second-order valence-electron chi connectivity index (χ2n) is 5.98. The van der Waals surface area contributed by atoms with Gasteiger partial charge >= 0.3 is 0 Å². The second-order valence-corrected chi connectivity index (χ2v) is 5.98. The highest BCUT2D eigenvalue weighted by atomic mass is 15.1. The average molecular weight is 290 g/mol. The third-order valence-corrected chi connectivity index (χ3v) is 4.01. The lowest BCUT2D eigenvalue weighted by molar-refractivity contribution is 1.02. The molecule has 22 heavy (non-hydrogen) atoms.